The molecule has 7 heteroatoms. The highest BCUT2D eigenvalue weighted by molar-refractivity contribution is 7.89. The predicted octanol–water partition coefficient (Wildman–Crippen LogP) is 2.18. The predicted molar refractivity (Wildman–Crippen MR) is 83.8 cm³/mol. The number of sulfonamides is 1. The van der Waals surface area contributed by atoms with Crippen molar-refractivity contribution in [2.24, 2.45) is 5.92 Å². The van der Waals surface area contributed by atoms with Crippen LogP contribution >= 0.6 is 12.4 Å². The molecule has 1 saturated heterocycles. The molecule has 2 rings (SSSR count). The highest BCUT2D eigenvalue weighted by Gasteiger charge is 2.30. The molecule has 0 aliphatic carbocycles. The first-order valence-electron chi connectivity index (χ1n) is 6.86. The van der Waals surface area contributed by atoms with Crippen LogP contribution in [0, 0.1) is 18.7 Å². The van der Waals surface area contributed by atoms with Crippen LogP contribution in [-0.4, -0.2) is 39.4 Å². The van der Waals surface area contributed by atoms with Crippen LogP contribution in [0.5, 0.6) is 0 Å². The second kappa shape index (κ2) is 7.54. The summed E-state index contributed by atoms with van der Waals surface area (Å²) in [5.74, 6) is -0.0410. The average molecular weight is 337 g/mol. The van der Waals surface area contributed by atoms with Crippen molar-refractivity contribution in [1.82, 2.24) is 9.62 Å². The SMILES string of the molecule is CNCC1CCCN(S(=O)(=O)c2ccc(F)c(C)c2)C1.Cl. The lowest BCUT2D eigenvalue weighted by atomic mass is 10.00. The van der Waals surface area contributed by atoms with Crippen molar-refractivity contribution in [3.05, 3.63) is 29.6 Å². The van der Waals surface area contributed by atoms with Gasteiger partial charge in [-0.25, -0.2) is 12.8 Å². The highest BCUT2D eigenvalue weighted by Crippen LogP contribution is 2.24. The van der Waals surface area contributed by atoms with Crippen molar-refractivity contribution in [2.45, 2.75) is 24.7 Å². The molecule has 4 nitrogen and oxygen atoms in total. The third-order valence-corrected chi connectivity index (χ3v) is 5.60. The zero-order chi connectivity index (χ0) is 14.8. The number of piperidine rings is 1. The van der Waals surface area contributed by atoms with Gasteiger partial charge in [-0.2, -0.15) is 4.31 Å². The van der Waals surface area contributed by atoms with Gasteiger partial charge in [0.2, 0.25) is 10.0 Å². The van der Waals surface area contributed by atoms with Crippen LogP contribution in [0.4, 0.5) is 4.39 Å². The van der Waals surface area contributed by atoms with E-state index in [-0.39, 0.29) is 23.1 Å². The Hall–Kier alpha value is -0.690. The van der Waals surface area contributed by atoms with Crippen LogP contribution in [-0.2, 0) is 10.0 Å². The van der Waals surface area contributed by atoms with E-state index in [0.717, 1.165) is 19.4 Å². The molecule has 0 aromatic heterocycles. The van der Waals surface area contributed by atoms with Gasteiger partial charge in [0.15, 0.2) is 0 Å². The van der Waals surface area contributed by atoms with Crippen LogP contribution in [0.3, 0.4) is 0 Å². The minimum Gasteiger partial charge on any atom is -0.319 e. The fourth-order valence-corrected chi connectivity index (χ4v) is 4.27. The van der Waals surface area contributed by atoms with E-state index in [9.17, 15) is 12.8 Å². The third kappa shape index (κ3) is 4.16. The van der Waals surface area contributed by atoms with E-state index in [0.29, 0.717) is 24.6 Å². The summed E-state index contributed by atoms with van der Waals surface area (Å²) in [5.41, 5.74) is 0.356. The molecule has 1 atom stereocenters. The lowest BCUT2D eigenvalue weighted by molar-refractivity contribution is 0.263. The molecule has 0 spiro atoms. The van der Waals surface area contributed by atoms with E-state index in [4.69, 9.17) is 0 Å². The summed E-state index contributed by atoms with van der Waals surface area (Å²) < 4.78 is 40.0. The number of rotatable bonds is 4. The van der Waals surface area contributed by atoms with Crippen molar-refractivity contribution in [3.63, 3.8) is 0 Å². The molecule has 1 aromatic carbocycles. The van der Waals surface area contributed by atoms with Gasteiger partial charge in [0.05, 0.1) is 4.90 Å². The van der Waals surface area contributed by atoms with Crippen molar-refractivity contribution >= 4 is 22.4 Å². The van der Waals surface area contributed by atoms with E-state index in [1.165, 1.54) is 22.5 Å². The maximum absolute atomic E-state index is 13.3. The Kier molecular flexibility index (Phi) is 6.59. The topological polar surface area (TPSA) is 49.4 Å². The molecule has 0 bridgehead atoms. The van der Waals surface area contributed by atoms with E-state index < -0.39 is 10.0 Å². The molecular formula is C14H22ClFN2O2S. The molecule has 21 heavy (non-hydrogen) atoms. The van der Waals surface area contributed by atoms with Crippen molar-refractivity contribution in [1.29, 1.82) is 0 Å². The lowest BCUT2D eigenvalue weighted by Crippen LogP contribution is -2.42. The van der Waals surface area contributed by atoms with E-state index in [1.807, 2.05) is 7.05 Å². The molecule has 1 heterocycles. The molecule has 1 aliphatic rings. The van der Waals surface area contributed by atoms with E-state index in [2.05, 4.69) is 5.32 Å². The van der Waals surface area contributed by atoms with Crippen LogP contribution < -0.4 is 5.32 Å². The zero-order valence-corrected chi connectivity index (χ0v) is 13.9. The molecule has 0 radical (unpaired) electrons. The van der Waals surface area contributed by atoms with E-state index in [1.54, 1.807) is 6.92 Å². The number of halogens is 2. The maximum Gasteiger partial charge on any atom is 0.243 e. The Morgan fingerprint density at radius 3 is 2.76 bits per heavy atom. The Balaban J connectivity index is 0.00000220. The smallest absolute Gasteiger partial charge is 0.243 e. The quantitative estimate of drug-likeness (QED) is 0.916. The van der Waals surface area contributed by atoms with Gasteiger partial charge in [-0.05, 0) is 63.0 Å². The highest BCUT2D eigenvalue weighted by atomic mass is 35.5. The number of nitrogens with one attached hydrogen (secondary N) is 1. The van der Waals surface area contributed by atoms with Gasteiger partial charge in [0, 0.05) is 13.1 Å². The molecule has 1 unspecified atom stereocenters. The van der Waals surface area contributed by atoms with Crippen LogP contribution in [0.2, 0.25) is 0 Å². The number of nitrogens with zero attached hydrogens (tertiary/aromatic N) is 1. The second-order valence-corrected chi connectivity index (χ2v) is 7.28. The molecule has 1 N–H and O–H groups in total. The first-order valence-corrected chi connectivity index (χ1v) is 8.30. The number of aryl methyl sites for hydroxylation is 1. The second-order valence-electron chi connectivity index (χ2n) is 5.34. The zero-order valence-electron chi connectivity index (χ0n) is 12.3. The van der Waals surface area contributed by atoms with Gasteiger partial charge >= 0.3 is 0 Å². The van der Waals surface area contributed by atoms with Gasteiger partial charge in [-0.15, -0.1) is 12.4 Å². The van der Waals surface area contributed by atoms with Gasteiger partial charge in [0.25, 0.3) is 0 Å². The van der Waals surface area contributed by atoms with Crippen molar-refractivity contribution < 1.29 is 12.8 Å². The minimum atomic E-state index is -3.51. The van der Waals surface area contributed by atoms with Crippen LogP contribution in [0.1, 0.15) is 18.4 Å². The summed E-state index contributed by atoms with van der Waals surface area (Å²) in [6.45, 7) is 3.46. The van der Waals surface area contributed by atoms with Gasteiger partial charge in [-0.1, -0.05) is 0 Å². The standard InChI is InChI=1S/C14H21FN2O2S.ClH/c1-11-8-13(5-6-14(11)15)20(18,19)17-7-3-4-12(10-17)9-16-2;/h5-6,8,12,16H,3-4,7,9-10H2,1-2H3;1H. The normalized spacial score (nSPS) is 20.0. The number of hydrogen-bond donors (Lipinski definition) is 1. The monoisotopic (exact) mass is 336 g/mol. The summed E-state index contributed by atoms with van der Waals surface area (Å²) in [5, 5.41) is 3.09. The van der Waals surface area contributed by atoms with E-state index >= 15 is 0 Å². The van der Waals surface area contributed by atoms with Gasteiger partial charge < -0.3 is 5.32 Å². The molecular weight excluding hydrogens is 315 g/mol. The molecule has 1 aliphatic heterocycles. The number of benzene rings is 1. The Bertz CT molecular complexity index is 578. The molecule has 120 valence electrons. The summed E-state index contributed by atoms with van der Waals surface area (Å²) in [4.78, 5) is 0.182. The van der Waals surface area contributed by atoms with Crippen LogP contribution in [0.15, 0.2) is 23.1 Å². The maximum atomic E-state index is 13.3. The molecule has 0 saturated carbocycles. The Labute approximate surface area is 132 Å². The van der Waals surface area contributed by atoms with Crippen LogP contribution in [0.25, 0.3) is 0 Å². The summed E-state index contributed by atoms with van der Waals surface area (Å²) >= 11 is 0. The fourth-order valence-electron chi connectivity index (χ4n) is 2.63. The fraction of sp³-hybridized carbons (Fsp3) is 0.571. The first-order chi connectivity index (χ1) is 9.45. The largest absolute Gasteiger partial charge is 0.319 e. The first kappa shape index (κ1) is 18.4. The number of hydrogen-bond acceptors (Lipinski definition) is 3. The average Bonchev–Trinajstić information content (AvgIpc) is 2.42. The Morgan fingerprint density at radius 2 is 2.14 bits per heavy atom. The molecule has 0 amide bonds. The van der Waals surface area contributed by atoms with Crippen molar-refractivity contribution in [3.8, 4) is 0 Å². The summed E-state index contributed by atoms with van der Waals surface area (Å²) in [6.07, 6.45) is 1.90. The molecule has 1 fully saturated rings. The van der Waals surface area contributed by atoms with Crippen molar-refractivity contribution in [2.75, 3.05) is 26.7 Å². The third-order valence-electron chi connectivity index (χ3n) is 3.74. The lowest BCUT2D eigenvalue weighted by Gasteiger charge is -2.31. The minimum absolute atomic E-state index is 0. The summed E-state index contributed by atoms with van der Waals surface area (Å²) in [7, 11) is -1.64. The van der Waals surface area contributed by atoms with Gasteiger partial charge in [-0.3, -0.25) is 0 Å². The summed E-state index contributed by atoms with van der Waals surface area (Å²) in [6, 6.07) is 3.98. The molecule has 1 aromatic rings. The van der Waals surface area contributed by atoms with Gasteiger partial charge in [0.1, 0.15) is 5.82 Å². The Morgan fingerprint density at radius 1 is 1.43 bits per heavy atom.